The molecule has 1 saturated carbocycles. The Hall–Kier alpha value is -2.04. The molecule has 0 saturated heterocycles. The maximum Gasteiger partial charge on any atom is 0.251 e. The summed E-state index contributed by atoms with van der Waals surface area (Å²) in [5, 5.41) is 9.48. The summed E-state index contributed by atoms with van der Waals surface area (Å²) in [7, 11) is 3.46. The van der Waals surface area contributed by atoms with E-state index in [4.69, 9.17) is 0 Å². The third kappa shape index (κ3) is 6.40. The molecule has 0 unspecified atom stereocenters. The molecule has 0 atom stereocenters. The van der Waals surface area contributed by atoms with Crippen LogP contribution in [0.15, 0.2) is 29.3 Å². The van der Waals surface area contributed by atoms with E-state index in [2.05, 4.69) is 27.9 Å². The van der Waals surface area contributed by atoms with Gasteiger partial charge in [0.05, 0.1) is 0 Å². The molecule has 5 heteroatoms. The number of benzene rings is 1. The Bertz CT molecular complexity index is 577. The average Bonchev–Trinajstić information content (AvgIpc) is 2.65. The van der Waals surface area contributed by atoms with Gasteiger partial charge < -0.3 is 16.0 Å². The molecule has 1 aliphatic rings. The topological polar surface area (TPSA) is 65.5 Å². The van der Waals surface area contributed by atoms with Crippen molar-refractivity contribution < 1.29 is 4.79 Å². The van der Waals surface area contributed by atoms with Crippen molar-refractivity contribution in [2.75, 3.05) is 27.2 Å². The van der Waals surface area contributed by atoms with Gasteiger partial charge in [-0.3, -0.25) is 9.79 Å². The molecule has 1 aliphatic carbocycles. The van der Waals surface area contributed by atoms with Crippen LogP contribution in [0, 0.1) is 11.8 Å². The lowest BCUT2D eigenvalue weighted by Crippen LogP contribution is -2.41. The number of carbonyl (C=O) groups is 1. The van der Waals surface area contributed by atoms with E-state index in [1.165, 1.54) is 25.7 Å². The maximum atomic E-state index is 11.7. The second kappa shape index (κ2) is 10.1. The maximum absolute atomic E-state index is 11.7. The van der Waals surface area contributed by atoms with Gasteiger partial charge in [-0.25, -0.2) is 0 Å². The molecule has 3 N–H and O–H groups in total. The molecule has 1 amide bonds. The third-order valence-corrected chi connectivity index (χ3v) is 5.04. The fourth-order valence-electron chi connectivity index (χ4n) is 3.33. The molecular formula is C20H32N4O. The number of carbonyl (C=O) groups excluding carboxylic acids is 1. The predicted octanol–water partition coefficient (Wildman–Crippen LogP) is 2.58. The Balaban J connectivity index is 1.73. The van der Waals surface area contributed by atoms with Gasteiger partial charge in [-0.2, -0.15) is 0 Å². The van der Waals surface area contributed by atoms with Crippen LogP contribution in [0.3, 0.4) is 0 Å². The molecule has 138 valence electrons. The fraction of sp³-hybridized carbons (Fsp3) is 0.600. The highest BCUT2D eigenvalue weighted by Crippen LogP contribution is 2.27. The first-order valence-corrected chi connectivity index (χ1v) is 9.38. The van der Waals surface area contributed by atoms with E-state index in [0.29, 0.717) is 5.56 Å². The minimum Gasteiger partial charge on any atom is -0.356 e. The van der Waals surface area contributed by atoms with Crippen molar-refractivity contribution in [2.45, 2.75) is 39.0 Å². The highest BCUT2D eigenvalue weighted by atomic mass is 16.1. The molecular weight excluding hydrogens is 312 g/mol. The molecule has 1 aromatic rings. The Morgan fingerprint density at radius 3 is 2.64 bits per heavy atom. The molecule has 0 bridgehead atoms. The molecule has 5 nitrogen and oxygen atoms in total. The van der Waals surface area contributed by atoms with Gasteiger partial charge in [0.25, 0.3) is 5.91 Å². The lowest BCUT2D eigenvalue weighted by molar-refractivity contribution is 0.0963. The molecule has 0 aromatic heterocycles. The van der Waals surface area contributed by atoms with Crippen molar-refractivity contribution in [3.8, 4) is 0 Å². The molecule has 0 heterocycles. The second-order valence-electron chi connectivity index (χ2n) is 7.04. The molecule has 1 fully saturated rings. The van der Waals surface area contributed by atoms with Crippen molar-refractivity contribution in [3.63, 3.8) is 0 Å². The summed E-state index contributed by atoms with van der Waals surface area (Å²) in [6.07, 6.45) is 6.18. The molecule has 0 spiro atoms. The zero-order chi connectivity index (χ0) is 18.1. The lowest BCUT2D eigenvalue weighted by atomic mass is 9.83. The van der Waals surface area contributed by atoms with Crippen LogP contribution in [0.25, 0.3) is 0 Å². The number of hydrogen-bond acceptors (Lipinski definition) is 2. The van der Waals surface area contributed by atoms with Crippen molar-refractivity contribution in [1.82, 2.24) is 16.0 Å². The van der Waals surface area contributed by atoms with Gasteiger partial charge in [-0.1, -0.05) is 31.9 Å². The van der Waals surface area contributed by atoms with Crippen molar-refractivity contribution in [3.05, 3.63) is 35.4 Å². The van der Waals surface area contributed by atoms with E-state index in [1.807, 2.05) is 31.3 Å². The summed E-state index contributed by atoms with van der Waals surface area (Å²) in [4.78, 5) is 16.0. The molecule has 1 aromatic carbocycles. The van der Waals surface area contributed by atoms with Crippen LogP contribution >= 0.6 is 0 Å². The smallest absolute Gasteiger partial charge is 0.251 e. The predicted molar refractivity (Wildman–Crippen MR) is 104 cm³/mol. The van der Waals surface area contributed by atoms with Crippen molar-refractivity contribution in [2.24, 2.45) is 16.8 Å². The highest BCUT2D eigenvalue weighted by molar-refractivity contribution is 5.94. The lowest BCUT2D eigenvalue weighted by Gasteiger charge is -2.26. The number of amides is 1. The van der Waals surface area contributed by atoms with Gasteiger partial charge >= 0.3 is 0 Å². The van der Waals surface area contributed by atoms with Crippen molar-refractivity contribution >= 4 is 11.9 Å². The van der Waals surface area contributed by atoms with E-state index in [-0.39, 0.29) is 5.91 Å². The number of rotatable bonds is 6. The fourth-order valence-corrected chi connectivity index (χ4v) is 3.33. The van der Waals surface area contributed by atoms with Crippen LogP contribution in [0.5, 0.6) is 0 Å². The van der Waals surface area contributed by atoms with Gasteiger partial charge in [0, 0.05) is 32.7 Å². The van der Waals surface area contributed by atoms with Gasteiger partial charge in [0.1, 0.15) is 0 Å². The first-order valence-electron chi connectivity index (χ1n) is 9.38. The average molecular weight is 345 g/mol. The minimum absolute atomic E-state index is 0.0471. The van der Waals surface area contributed by atoms with Crippen LogP contribution in [0.4, 0.5) is 0 Å². The van der Waals surface area contributed by atoms with Gasteiger partial charge in [-0.15, -0.1) is 0 Å². The Morgan fingerprint density at radius 1 is 1.20 bits per heavy atom. The SMILES string of the molecule is CN=C(NCCc1cccc(C(=O)NC)c1)NCC1CCC(C)CC1. The molecule has 2 rings (SSSR count). The summed E-state index contributed by atoms with van der Waals surface area (Å²) >= 11 is 0. The minimum atomic E-state index is -0.0471. The number of guanidine groups is 1. The summed E-state index contributed by atoms with van der Waals surface area (Å²) < 4.78 is 0. The van der Waals surface area contributed by atoms with E-state index < -0.39 is 0 Å². The van der Waals surface area contributed by atoms with Gasteiger partial charge in [0.2, 0.25) is 0 Å². The number of nitrogens with one attached hydrogen (secondary N) is 3. The highest BCUT2D eigenvalue weighted by Gasteiger charge is 2.18. The largest absolute Gasteiger partial charge is 0.356 e. The monoisotopic (exact) mass is 344 g/mol. The number of nitrogens with zero attached hydrogens (tertiary/aromatic N) is 1. The first-order chi connectivity index (χ1) is 12.1. The normalized spacial score (nSPS) is 20.8. The van der Waals surface area contributed by atoms with Crippen LogP contribution in [0.1, 0.15) is 48.5 Å². The van der Waals surface area contributed by atoms with Crippen molar-refractivity contribution in [1.29, 1.82) is 0 Å². The Labute approximate surface area is 151 Å². The zero-order valence-corrected chi connectivity index (χ0v) is 15.8. The van der Waals surface area contributed by atoms with Crippen LogP contribution in [-0.4, -0.2) is 39.1 Å². The summed E-state index contributed by atoms with van der Waals surface area (Å²) in [5.41, 5.74) is 1.85. The number of hydrogen-bond donors (Lipinski definition) is 3. The molecule has 25 heavy (non-hydrogen) atoms. The molecule has 0 radical (unpaired) electrons. The third-order valence-electron chi connectivity index (χ3n) is 5.04. The number of aliphatic imine (C=N–C) groups is 1. The van der Waals surface area contributed by atoms with E-state index >= 15 is 0 Å². The Kier molecular flexibility index (Phi) is 7.76. The summed E-state index contributed by atoms with van der Waals surface area (Å²) in [5.74, 6) is 2.47. The first kappa shape index (κ1) is 19.3. The molecule has 0 aliphatic heterocycles. The summed E-state index contributed by atoms with van der Waals surface area (Å²) in [6, 6.07) is 7.76. The van der Waals surface area contributed by atoms with Crippen LogP contribution in [-0.2, 0) is 6.42 Å². The standard InChI is InChI=1S/C20H32N4O/c1-15-7-9-17(10-8-15)14-24-20(22-3)23-12-11-16-5-4-6-18(13-16)19(25)21-2/h4-6,13,15,17H,7-12,14H2,1-3H3,(H,21,25)(H2,22,23,24). The van der Waals surface area contributed by atoms with Gasteiger partial charge in [0.15, 0.2) is 5.96 Å². The summed E-state index contributed by atoms with van der Waals surface area (Å²) in [6.45, 7) is 4.14. The second-order valence-corrected chi connectivity index (χ2v) is 7.04. The van der Waals surface area contributed by atoms with E-state index in [9.17, 15) is 4.79 Å². The Morgan fingerprint density at radius 2 is 1.96 bits per heavy atom. The van der Waals surface area contributed by atoms with Gasteiger partial charge in [-0.05, 0) is 48.8 Å². The van der Waals surface area contributed by atoms with E-state index in [1.54, 1.807) is 7.05 Å². The quantitative estimate of drug-likeness (QED) is 0.549. The van der Waals surface area contributed by atoms with Crippen LogP contribution in [0.2, 0.25) is 0 Å². The zero-order valence-electron chi connectivity index (χ0n) is 15.8. The van der Waals surface area contributed by atoms with E-state index in [0.717, 1.165) is 42.9 Å². The van der Waals surface area contributed by atoms with Crippen LogP contribution < -0.4 is 16.0 Å².